The van der Waals surface area contributed by atoms with Crippen LogP contribution in [0.15, 0.2) is 0 Å². The van der Waals surface area contributed by atoms with Gasteiger partial charge in [0.15, 0.2) is 6.29 Å². The highest BCUT2D eigenvalue weighted by molar-refractivity contribution is 4.97. The second kappa shape index (κ2) is 5.45. The summed E-state index contributed by atoms with van der Waals surface area (Å²) in [7, 11) is 3.35. The molecule has 0 amide bonds. The Morgan fingerprint density at radius 2 is 1.94 bits per heavy atom. The van der Waals surface area contributed by atoms with Gasteiger partial charge < -0.3 is 15.2 Å². The number of hydrogen-bond acceptors (Lipinski definition) is 4. The lowest BCUT2D eigenvalue weighted by molar-refractivity contribution is -0.183. The van der Waals surface area contributed by atoms with E-state index in [0.717, 1.165) is 12.5 Å². The summed E-state index contributed by atoms with van der Waals surface area (Å²) < 4.78 is 10.8. The molecule has 2 N–H and O–H groups in total. The van der Waals surface area contributed by atoms with Crippen LogP contribution in [-0.2, 0) is 9.47 Å². The van der Waals surface area contributed by atoms with Crippen LogP contribution in [0.5, 0.6) is 0 Å². The van der Waals surface area contributed by atoms with E-state index in [4.69, 9.17) is 15.2 Å². The predicted molar refractivity (Wildman–Crippen MR) is 65.2 cm³/mol. The first-order valence-electron chi connectivity index (χ1n) is 6.02. The number of nitrogens with two attached hydrogens (primary N) is 1. The van der Waals surface area contributed by atoms with Crippen molar-refractivity contribution >= 4 is 0 Å². The van der Waals surface area contributed by atoms with Crippen molar-refractivity contribution < 1.29 is 9.47 Å². The van der Waals surface area contributed by atoms with Gasteiger partial charge in [0.05, 0.1) is 5.54 Å². The van der Waals surface area contributed by atoms with E-state index in [1.807, 2.05) is 0 Å². The van der Waals surface area contributed by atoms with E-state index < -0.39 is 0 Å². The molecular weight excluding hydrogens is 204 g/mol. The SMILES string of the molecule is COC(OC)C(C)(CN)N1CC(C)CC1C. The first-order valence-corrected chi connectivity index (χ1v) is 6.02. The van der Waals surface area contributed by atoms with E-state index in [1.54, 1.807) is 14.2 Å². The molecule has 0 aromatic rings. The minimum Gasteiger partial charge on any atom is -0.354 e. The van der Waals surface area contributed by atoms with E-state index in [2.05, 4.69) is 25.7 Å². The van der Waals surface area contributed by atoms with Gasteiger partial charge in [-0.3, -0.25) is 4.90 Å². The molecule has 3 unspecified atom stereocenters. The maximum Gasteiger partial charge on any atom is 0.176 e. The Bertz CT molecular complexity index is 221. The van der Waals surface area contributed by atoms with Crippen LogP contribution >= 0.6 is 0 Å². The summed E-state index contributed by atoms with van der Waals surface area (Å²) in [5, 5.41) is 0. The number of methoxy groups -OCH3 is 2. The lowest BCUT2D eigenvalue weighted by atomic mass is 9.98. The molecule has 1 fully saturated rings. The second-order valence-corrected chi connectivity index (χ2v) is 5.21. The molecule has 0 radical (unpaired) electrons. The highest BCUT2D eigenvalue weighted by atomic mass is 16.7. The summed E-state index contributed by atoms with van der Waals surface area (Å²) in [6.45, 7) is 8.26. The Kier molecular flexibility index (Phi) is 4.73. The third kappa shape index (κ3) is 2.40. The molecule has 1 heterocycles. The molecule has 96 valence electrons. The average molecular weight is 230 g/mol. The standard InChI is InChI=1S/C12H26N2O2/c1-9-6-10(2)14(7-9)12(3,8-13)11(15-4)16-5/h9-11H,6-8,13H2,1-5H3. The number of rotatable bonds is 5. The lowest BCUT2D eigenvalue weighted by Crippen LogP contribution is -2.61. The van der Waals surface area contributed by atoms with Gasteiger partial charge in [-0.25, -0.2) is 0 Å². The molecule has 16 heavy (non-hydrogen) atoms. The van der Waals surface area contributed by atoms with Crippen molar-refractivity contribution in [2.45, 2.75) is 45.1 Å². The zero-order valence-corrected chi connectivity index (χ0v) is 11.2. The van der Waals surface area contributed by atoms with Crippen LogP contribution in [-0.4, -0.2) is 50.1 Å². The summed E-state index contributed by atoms with van der Waals surface area (Å²) in [6.07, 6.45) is 0.945. The highest BCUT2D eigenvalue weighted by Crippen LogP contribution is 2.32. The topological polar surface area (TPSA) is 47.7 Å². The molecular formula is C12H26N2O2. The molecule has 1 saturated heterocycles. The van der Waals surface area contributed by atoms with Crippen molar-refractivity contribution in [3.63, 3.8) is 0 Å². The van der Waals surface area contributed by atoms with Gasteiger partial charge in [0, 0.05) is 33.4 Å². The maximum absolute atomic E-state index is 5.94. The zero-order chi connectivity index (χ0) is 12.3. The first-order chi connectivity index (χ1) is 7.49. The third-order valence-corrected chi connectivity index (χ3v) is 3.79. The molecule has 4 heteroatoms. The van der Waals surface area contributed by atoms with Crippen molar-refractivity contribution in [3.05, 3.63) is 0 Å². The summed E-state index contributed by atoms with van der Waals surface area (Å²) in [6, 6.07) is 0.538. The van der Waals surface area contributed by atoms with E-state index in [9.17, 15) is 0 Å². The Labute approximate surface area is 99.1 Å². The van der Waals surface area contributed by atoms with Crippen LogP contribution in [0.2, 0.25) is 0 Å². The predicted octanol–water partition coefficient (Wildman–Crippen LogP) is 1.05. The van der Waals surface area contributed by atoms with Crippen molar-refractivity contribution in [1.82, 2.24) is 4.90 Å². The van der Waals surface area contributed by atoms with Crippen LogP contribution in [0.4, 0.5) is 0 Å². The van der Waals surface area contributed by atoms with Crippen LogP contribution < -0.4 is 5.73 Å². The Morgan fingerprint density at radius 3 is 2.25 bits per heavy atom. The van der Waals surface area contributed by atoms with E-state index in [0.29, 0.717) is 12.6 Å². The Balaban J connectivity index is 2.86. The van der Waals surface area contributed by atoms with Crippen molar-refractivity contribution in [3.8, 4) is 0 Å². The van der Waals surface area contributed by atoms with Gasteiger partial charge in [-0.1, -0.05) is 6.92 Å². The zero-order valence-electron chi connectivity index (χ0n) is 11.2. The minimum atomic E-state index is -0.273. The highest BCUT2D eigenvalue weighted by Gasteiger charge is 2.44. The normalized spacial score (nSPS) is 30.9. The third-order valence-electron chi connectivity index (χ3n) is 3.79. The summed E-state index contributed by atoms with van der Waals surface area (Å²) in [5.41, 5.74) is 5.70. The van der Waals surface area contributed by atoms with Gasteiger partial charge in [-0.05, 0) is 26.2 Å². The molecule has 0 saturated carbocycles. The van der Waals surface area contributed by atoms with Gasteiger partial charge in [-0.2, -0.15) is 0 Å². The maximum atomic E-state index is 5.94. The summed E-state index contributed by atoms with van der Waals surface area (Å²) in [5.74, 6) is 0.718. The van der Waals surface area contributed by atoms with E-state index in [-0.39, 0.29) is 11.8 Å². The van der Waals surface area contributed by atoms with Crippen LogP contribution in [0.3, 0.4) is 0 Å². The molecule has 0 aromatic carbocycles. The fourth-order valence-corrected chi connectivity index (χ4v) is 2.96. The molecule has 0 spiro atoms. The molecule has 0 aromatic heterocycles. The monoisotopic (exact) mass is 230 g/mol. The van der Waals surface area contributed by atoms with Crippen molar-refractivity contribution in [1.29, 1.82) is 0 Å². The largest absolute Gasteiger partial charge is 0.354 e. The summed E-state index contributed by atoms with van der Waals surface area (Å²) >= 11 is 0. The van der Waals surface area contributed by atoms with Crippen LogP contribution in [0, 0.1) is 5.92 Å². The fourth-order valence-electron chi connectivity index (χ4n) is 2.96. The van der Waals surface area contributed by atoms with Gasteiger partial charge >= 0.3 is 0 Å². The smallest absolute Gasteiger partial charge is 0.176 e. The molecule has 1 rings (SSSR count). The first kappa shape index (κ1) is 13.9. The van der Waals surface area contributed by atoms with Gasteiger partial charge in [0.25, 0.3) is 0 Å². The number of nitrogens with zero attached hydrogens (tertiary/aromatic N) is 1. The Hall–Kier alpha value is -0.160. The van der Waals surface area contributed by atoms with Gasteiger partial charge in [0.2, 0.25) is 0 Å². The second-order valence-electron chi connectivity index (χ2n) is 5.21. The van der Waals surface area contributed by atoms with E-state index in [1.165, 1.54) is 6.42 Å². The molecule has 4 nitrogen and oxygen atoms in total. The fraction of sp³-hybridized carbons (Fsp3) is 1.00. The van der Waals surface area contributed by atoms with Crippen molar-refractivity contribution in [2.24, 2.45) is 11.7 Å². The molecule has 1 aliphatic rings. The number of hydrogen-bond donors (Lipinski definition) is 1. The van der Waals surface area contributed by atoms with Crippen molar-refractivity contribution in [2.75, 3.05) is 27.3 Å². The molecule has 0 bridgehead atoms. The van der Waals surface area contributed by atoms with Gasteiger partial charge in [0.1, 0.15) is 0 Å². The van der Waals surface area contributed by atoms with Gasteiger partial charge in [-0.15, -0.1) is 0 Å². The molecule has 3 atom stereocenters. The summed E-state index contributed by atoms with van der Waals surface area (Å²) in [4.78, 5) is 2.43. The number of ether oxygens (including phenoxy) is 2. The number of likely N-dealkylation sites (tertiary alicyclic amines) is 1. The Morgan fingerprint density at radius 1 is 1.38 bits per heavy atom. The average Bonchev–Trinajstić information content (AvgIpc) is 2.59. The minimum absolute atomic E-state index is 0.242. The molecule has 0 aliphatic carbocycles. The lowest BCUT2D eigenvalue weighted by Gasteiger charge is -2.44. The quantitative estimate of drug-likeness (QED) is 0.717. The molecule has 1 aliphatic heterocycles. The van der Waals surface area contributed by atoms with E-state index >= 15 is 0 Å². The van der Waals surface area contributed by atoms with Crippen LogP contribution in [0.25, 0.3) is 0 Å². The van der Waals surface area contributed by atoms with Crippen LogP contribution in [0.1, 0.15) is 27.2 Å².